The van der Waals surface area contributed by atoms with Crippen LogP contribution in [0.15, 0.2) is 24.3 Å². The molecule has 15 heavy (non-hydrogen) atoms. The molecule has 0 bridgehead atoms. The van der Waals surface area contributed by atoms with Crippen LogP contribution in [0.4, 0.5) is 0 Å². The van der Waals surface area contributed by atoms with Gasteiger partial charge in [0.1, 0.15) is 0 Å². The first kappa shape index (κ1) is 11.7. The number of carboxylic acids is 1. The van der Waals surface area contributed by atoms with Gasteiger partial charge in [0, 0.05) is 0 Å². The van der Waals surface area contributed by atoms with Crippen molar-refractivity contribution in [3.05, 3.63) is 35.4 Å². The highest BCUT2D eigenvalue weighted by Gasteiger charge is 2.12. The molecule has 0 saturated carbocycles. The quantitative estimate of drug-likeness (QED) is 0.773. The number of aliphatic hydroxyl groups is 1. The molecule has 0 spiro atoms. The summed E-state index contributed by atoms with van der Waals surface area (Å²) in [7, 11) is 0. The van der Waals surface area contributed by atoms with E-state index in [1.807, 2.05) is 24.3 Å². The topological polar surface area (TPSA) is 57.5 Å². The lowest BCUT2D eigenvalue weighted by Crippen LogP contribution is -2.19. The Hall–Kier alpha value is -1.35. The van der Waals surface area contributed by atoms with E-state index in [9.17, 15) is 4.79 Å². The Morgan fingerprint density at radius 2 is 1.80 bits per heavy atom. The van der Waals surface area contributed by atoms with Crippen LogP contribution in [0.25, 0.3) is 0 Å². The van der Waals surface area contributed by atoms with E-state index in [4.69, 9.17) is 10.2 Å². The predicted octanol–water partition coefficient (Wildman–Crippen LogP) is 1.63. The Kier molecular flexibility index (Phi) is 4.31. The third-order valence-electron chi connectivity index (χ3n) is 2.42. The lowest BCUT2D eigenvalue weighted by Gasteiger charge is -2.05. The Morgan fingerprint density at radius 1 is 1.27 bits per heavy atom. The van der Waals surface area contributed by atoms with E-state index in [1.54, 1.807) is 0 Å². The number of aliphatic hydroxyl groups excluding tert-OH is 1. The van der Waals surface area contributed by atoms with E-state index >= 15 is 0 Å². The summed E-state index contributed by atoms with van der Waals surface area (Å²) >= 11 is 0. The second-order valence-corrected chi connectivity index (χ2v) is 3.56. The minimum atomic E-state index is -1.25. The summed E-state index contributed by atoms with van der Waals surface area (Å²) < 4.78 is 0. The highest BCUT2D eigenvalue weighted by molar-refractivity contribution is 5.71. The molecular weight excluding hydrogens is 192 g/mol. The molecule has 0 amide bonds. The van der Waals surface area contributed by atoms with Crippen LogP contribution >= 0.6 is 0 Å². The van der Waals surface area contributed by atoms with Gasteiger partial charge >= 0.3 is 5.97 Å². The van der Waals surface area contributed by atoms with Gasteiger partial charge in [-0.1, -0.05) is 31.2 Å². The van der Waals surface area contributed by atoms with Crippen molar-refractivity contribution in [2.75, 3.05) is 0 Å². The molecule has 3 nitrogen and oxygen atoms in total. The van der Waals surface area contributed by atoms with Gasteiger partial charge in [-0.2, -0.15) is 0 Å². The molecule has 0 aliphatic rings. The molecular formula is C12H16O3. The van der Waals surface area contributed by atoms with Gasteiger partial charge in [0.05, 0.1) is 0 Å². The smallest absolute Gasteiger partial charge is 0.332 e. The molecule has 0 aromatic heterocycles. The summed E-state index contributed by atoms with van der Waals surface area (Å²) in [5, 5.41) is 17.6. The predicted molar refractivity (Wildman–Crippen MR) is 57.8 cm³/mol. The van der Waals surface area contributed by atoms with Crippen LogP contribution < -0.4 is 0 Å². The van der Waals surface area contributed by atoms with Crippen molar-refractivity contribution in [2.45, 2.75) is 32.3 Å². The molecule has 1 atom stereocenters. The van der Waals surface area contributed by atoms with Gasteiger partial charge in [0.25, 0.3) is 0 Å². The standard InChI is InChI=1S/C12H16O3/c1-2-9-3-5-10(6-4-9)7-8-11(13)12(14)15/h3-6,11,13H,2,7-8H2,1H3,(H,14,15). The Morgan fingerprint density at radius 3 is 2.27 bits per heavy atom. The lowest BCUT2D eigenvalue weighted by atomic mass is 10.0. The van der Waals surface area contributed by atoms with Gasteiger partial charge in [0.2, 0.25) is 0 Å². The number of aliphatic carboxylic acids is 1. The summed E-state index contributed by atoms with van der Waals surface area (Å²) in [6.07, 6.45) is 0.604. The molecule has 2 N–H and O–H groups in total. The first-order chi connectivity index (χ1) is 7.13. The van der Waals surface area contributed by atoms with Crippen LogP contribution in [0.3, 0.4) is 0 Å². The molecule has 0 radical (unpaired) electrons. The zero-order valence-corrected chi connectivity index (χ0v) is 8.81. The van der Waals surface area contributed by atoms with E-state index in [2.05, 4.69) is 6.92 Å². The van der Waals surface area contributed by atoms with Crippen molar-refractivity contribution in [3.63, 3.8) is 0 Å². The lowest BCUT2D eigenvalue weighted by molar-refractivity contribution is -0.146. The maximum absolute atomic E-state index is 10.4. The molecule has 0 saturated heterocycles. The monoisotopic (exact) mass is 208 g/mol. The maximum atomic E-state index is 10.4. The van der Waals surface area contributed by atoms with Crippen molar-refractivity contribution in [2.24, 2.45) is 0 Å². The fourth-order valence-electron chi connectivity index (χ4n) is 1.37. The van der Waals surface area contributed by atoms with Gasteiger partial charge in [-0.25, -0.2) is 4.79 Å². The SMILES string of the molecule is CCc1ccc(CCC(O)C(=O)O)cc1. The highest BCUT2D eigenvalue weighted by Crippen LogP contribution is 2.08. The summed E-state index contributed by atoms with van der Waals surface area (Å²) in [5.41, 5.74) is 2.32. The maximum Gasteiger partial charge on any atom is 0.332 e. The fourth-order valence-corrected chi connectivity index (χ4v) is 1.37. The molecule has 1 aromatic carbocycles. The van der Waals surface area contributed by atoms with Gasteiger partial charge < -0.3 is 10.2 Å². The van der Waals surface area contributed by atoms with Crippen LogP contribution in [0, 0.1) is 0 Å². The fraction of sp³-hybridized carbons (Fsp3) is 0.417. The summed E-state index contributed by atoms with van der Waals surface area (Å²) in [4.78, 5) is 10.4. The zero-order valence-electron chi connectivity index (χ0n) is 8.81. The number of aryl methyl sites for hydroxylation is 2. The van der Waals surface area contributed by atoms with Crippen molar-refractivity contribution >= 4 is 5.97 Å². The molecule has 0 heterocycles. The molecule has 1 unspecified atom stereocenters. The molecule has 3 heteroatoms. The first-order valence-electron chi connectivity index (χ1n) is 5.12. The Labute approximate surface area is 89.4 Å². The van der Waals surface area contributed by atoms with Crippen LogP contribution in [-0.4, -0.2) is 22.3 Å². The zero-order chi connectivity index (χ0) is 11.3. The number of hydrogen-bond donors (Lipinski definition) is 2. The number of benzene rings is 1. The summed E-state index contributed by atoms with van der Waals surface area (Å²) in [6, 6.07) is 8.02. The van der Waals surface area contributed by atoms with Gasteiger partial charge in [-0.15, -0.1) is 0 Å². The van der Waals surface area contributed by atoms with Crippen LogP contribution in [-0.2, 0) is 17.6 Å². The molecule has 82 valence electrons. The highest BCUT2D eigenvalue weighted by atomic mass is 16.4. The molecule has 0 aliphatic heterocycles. The molecule has 1 aromatic rings. The normalized spacial score (nSPS) is 12.4. The summed E-state index contributed by atoms with van der Waals surface area (Å²) in [6.45, 7) is 2.09. The van der Waals surface area contributed by atoms with Gasteiger partial charge in [-0.05, 0) is 30.4 Å². The second-order valence-electron chi connectivity index (χ2n) is 3.56. The Balaban J connectivity index is 2.47. The number of rotatable bonds is 5. The second kappa shape index (κ2) is 5.51. The van der Waals surface area contributed by atoms with E-state index < -0.39 is 12.1 Å². The molecule has 0 aliphatic carbocycles. The minimum absolute atomic E-state index is 0.265. The number of carboxylic acid groups (broad SMARTS) is 1. The number of hydrogen-bond acceptors (Lipinski definition) is 2. The van der Waals surface area contributed by atoms with E-state index in [0.717, 1.165) is 12.0 Å². The van der Waals surface area contributed by atoms with Crippen molar-refractivity contribution in [3.8, 4) is 0 Å². The van der Waals surface area contributed by atoms with Crippen molar-refractivity contribution < 1.29 is 15.0 Å². The van der Waals surface area contributed by atoms with E-state index in [0.29, 0.717) is 6.42 Å². The largest absolute Gasteiger partial charge is 0.479 e. The van der Waals surface area contributed by atoms with Crippen molar-refractivity contribution in [1.29, 1.82) is 0 Å². The summed E-state index contributed by atoms with van der Waals surface area (Å²) in [5.74, 6) is -1.15. The van der Waals surface area contributed by atoms with Crippen LogP contribution in [0.5, 0.6) is 0 Å². The minimum Gasteiger partial charge on any atom is -0.479 e. The Bertz CT molecular complexity index is 316. The third-order valence-corrected chi connectivity index (χ3v) is 2.42. The van der Waals surface area contributed by atoms with Crippen LogP contribution in [0.1, 0.15) is 24.5 Å². The van der Waals surface area contributed by atoms with Crippen molar-refractivity contribution in [1.82, 2.24) is 0 Å². The van der Waals surface area contributed by atoms with Crippen LogP contribution in [0.2, 0.25) is 0 Å². The average molecular weight is 208 g/mol. The number of carbonyl (C=O) groups is 1. The third kappa shape index (κ3) is 3.72. The van der Waals surface area contributed by atoms with Gasteiger partial charge in [-0.3, -0.25) is 0 Å². The molecule has 1 rings (SSSR count). The average Bonchev–Trinajstić information content (AvgIpc) is 2.26. The van der Waals surface area contributed by atoms with E-state index in [1.165, 1.54) is 5.56 Å². The van der Waals surface area contributed by atoms with Gasteiger partial charge in [0.15, 0.2) is 6.10 Å². The molecule has 0 fully saturated rings. The van der Waals surface area contributed by atoms with E-state index in [-0.39, 0.29) is 6.42 Å². The first-order valence-corrected chi connectivity index (χ1v) is 5.12.